The molecule has 6 heterocycles. The van der Waals surface area contributed by atoms with Crippen molar-refractivity contribution in [3.05, 3.63) is 133 Å². The van der Waals surface area contributed by atoms with E-state index in [0.717, 1.165) is 49.5 Å². The van der Waals surface area contributed by atoms with Gasteiger partial charge in [0.25, 0.3) is 0 Å². The van der Waals surface area contributed by atoms with Crippen LogP contribution in [0.3, 0.4) is 0 Å². The molecule has 8 aromatic rings. The smallest absolute Gasteiger partial charge is 0.164 e. The van der Waals surface area contributed by atoms with E-state index >= 15 is 0 Å². The molecule has 0 unspecified atom stereocenters. The molecule has 0 saturated heterocycles. The summed E-state index contributed by atoms with van der Waals surface area (Å²) in [6.07, 6.45) is 4.10. The van der Waals surface area contributed by atoms with Crippen LogP contribution < -0.4 is 4.74 Å². The summed E-state index contributed by atoms with van der Waals surface area (Å²) >= 11 is 0. The van der Waals surface area contributed by atoms with Crippen molar-refractivity contribution in [2.45, 2.75) is 0 Å². The number of nitrogens with one attached hydrogen (secondary N) is 2. The van der Waals surface area contributed by atoms with Gasteiger partial charge in [-0.05, 0) is 12.1 Å². The van der Waals surface area contributed by atoms with Crippen molar-refractivity contribution in [3.8, 4) is 51.3 Å². The maximum atomic E-state index is 5.34. The fourth-order valence-electron chi connectivity index (χ4n) is 6.65. The molecular weight excluding hydrogens is 621 g/mol. The second-order valence-corrected chi connectivity index (χ2v) is 12.0. The molecule has 50 heavy (non-hydrogen) atoms. The summed E-state index contributed by atoms with van der Waals surface area (Å²) in [5.74, 6) is 3.38. The summed E-state index contributed by atoms with van der Waals surface area (Å²) in [6, 6.07) is 40.3. The second-order valence-electron chi connectivity index (χ2n) is 12.0. The maximum absolute atomic E-state index is 5.34. The topological polar surface area (TPSA) is 118 Å². The third kappa shape index (κ3) is 4.63. The molecule has 3 aliphatic rings. The summed E-state index contributed by atoms with van der Waals surface area (Å²) in [5, 5.41) is 3.82. The van der Waals surface area contributed by atoms with E-state index in [4.69, 9.17) is 34.6 Å². The average Bonchev–Trinajstić information content (AvgIpc) is 3.91. The van der Waals surface area contributed by atoms with E-state index in [1.54, 1.807) is 0 Å². The SMILES string of the molecule is C1=Cc2ccccc2OC1.c1ccc2c(c1)-c1nc-2nc2[nH]c(nc3nc(nc4[nH]c(n1)c1ccccc41)-c1ccccc1-3)c1ccccc21. The molecule has 0 fully saturated rings. The molecular formula is C41H26N8O. The number of nitrogens with zero attached hydrogens (tertiary/aromatic N) is 6. The minimum absolute atomic E-state index is 0.597. The first kappa shape index (κ1) is 28.1. The number of H-pyrrole nitrogens is 2. The first-order chi connectivity index (χ1) is 24.8. The Kier molecular flexibility index (Phi) is 6.35. The number of fused-ring (bicyclic) bond motifs is 21. The van der Waals surface area contributed by atoms with Crippen LogP contribution in [0, 0.1) is 0 Å². The van der Waals surface area contributed by atoms with Crippen LogP contribution >= 0.6 is 0 Å². The predicted octanol–water partition coefficient (Wildman–Crippen LogP) is 8.96. The number of para-hydroxylation sites is 1. The molecule has 9 nitrogen and oxygen atoms in total. The Morgan fingerprint density at radius 1 is 0.400 bits per heavy atom. The summed E-state index contributed by atoms with van der Waals surface area (Å²) in [7, 11) is 0. The number of hydrogen-bond acceptors (Lipinski definition) is 7. The standard InChI is InChI=1S/C32H18N8.C9H8O/c1-2-10-18-17(9-1)25-33-26(18)38-28-21-13-5-6-14-22(21)30(35-28)40-32-24-16-8-7-15-23(24)31(36-32)39-29-20-12-4-3-11-19(20)27(34-29)37-25;1-2-6-9-8(4-1)5-3-7-10-9/h1-16H,(H2,33,34,35,36,37,38,39,40);1-6H,7H2. The first-order valence-electron chi connectivity index (χ1n) is 16.3. The van der Waals surface area contributed by atoms with E-state index in [0.29, 0.717) is 52.5 Å². The Labute approximate surface area is 285 Å². The fraction of sp³-hybridized carbons (Fsp3) is 0.0244. The van der Waals surface area contributed by atoms with Gasteiger partial charge in [0.2, 0.25) is 0 Å². The van der Waals surface area contributed by atoms with Gasteiger partial charge in [0.15, 0.2) is 23.3 Å². The number of rotatable bonds is 0. The van der Waals surface area contributed by atoms with E-state index in [1.165, 1.54) is 5.56 Å². The summed E-state index contributed by atoms with van der Waals surface area (Å²) in [5.41, 5.74) is 7.62. The number of aromatic amines is 2. The molecule has 3 aromatic heterocycles. The van der Waals surface area contributed by atoms with Gasteiger partial charge in [-0.15, -0.1) is 0 Å². The second kappa shape index (κ2) is 11.3. The molecule has 236 valence electrons. The van der Waals surface area contributed by atoms with Gasteiger partial charge >= 0.3 is 0 Å². The Bertz CT molecular complexity index is 2530. The van der Waals surface area contributed by atoms with Crippen molar-refractivity contribution in [1.29, 1.82) is 0 Å². The maximum Gasteiger partial charge on any atom is 0.164 e. The first-order valence-corrected chi connectivity index (χ1v) is 16.3. The van der Waals surface area contributed by atoms with Crippen LogP contribution in [-0.4, -0.2) is 46.5 Å². The Morgan fingerprint density at radius 3 is 1.16 bits per heavy atom. The molecule has 5 aromatic carbocycles. The zero-order valence-corrected chi connectivity index (χ0v) is 26.5. The third-order valence-corrected chi connectivity index (χ3v) is 9.01. The van der Waals surface area contributed by atoms with Gasteiger partial charge in [0.1, 0.15) is 34.9 Å². The minimum atomic E-state index is 0.597. The number of aromatic nitrogens is 8. The molecule has 0 radical (unpaired) electrons. The van der Waals surface area contributed by atoms with Crippen LogP contribution in [-0.2, 0) is 0 Å². The highest BCUT2D eigenvalue weighted by molar-refractivity contribution is 6.06. The van der Waals surface area contributed by atoms with Crippen LogP contribution in [0.1, 0.15) is 5.56 Å². The van der Waals surface area contributed by atoms with Gasteiger partial charge < -0.3 is 14.7 Å². The summed E-state index contributed by atoms with van der Waals surface area (Å²) < 4.78 is 5.34. The lowest BCUT2D eigenvalue weighted by Gasteiger charge is -2.10. The van der Waals surface area contributed by atoms with E-state index < -0.39 is 0 Å². The van der Waals surface area contributed by atoms with Crippen LogP contribution in [0.5, 0.6) is 5.75 Å². The van der Waals surface area contributed by atoms with Crippen LogP contribution in [0.25, 0.3) is 95.8 Å². The lowest BCUT2D eigenvalue weighted by Crippen LogP contribution is -1.98. The van der Waals surface area contributed by atoms with Crippen molar-refractivity contribution < 1.29 is 4.74 Å². The molecule has 0 atom stereocenters. The zero-order chi connectivity index (χ0) is 33.0. The Balaban J connectivity index is 0.000000272. The van der Waals surface area contributed by atoms with Gasteiger partial charge in [-0.25, -0.2) is 29.9 Å². The van der Waals surface area contributed by atoms with Gasteiger partial charge in [-0.1, -0.05) is 121 Å². The lowest BCUT2D eigenvalue weighted by atomic mass is 10.1. The Hall–Kier alpha value is -7.00. The van der Waals surface area contributed by atoms with E-state index in [1.807, 2.05) is 127 Å². The van der Waals surface area contributed by atoms with Gasteiger partial charge in [0.05, 0.1) is 0 Å². The molecule has 0 aliphatic carbocycles. The van der Waals surface area contributed by atoms with E-state index in [2.05, 4.69) is 16.0 Å². The van der Waals surface area contributed by atoms with Crippen molar-refractivity contribution in [2.75, 3.05) is 6.61 Å². The summed E-state index contributed by atoms with van der Waals surface area (Å²) in [4.78, 5) is 36.8. The highest BCUT2D eigenvalue weighted by Gasteiger charge is 2.21. The van der Waals surface area contributed by atoms with Gasteiger partial charge in [-0.2, -0.15) is 0 Å². The van der Waals surface area contributed by atoms with E-state index in [-0.39, 0.29) is 0 Å². The normalized spacial score (nSPS) is 12.4. The molecule has 8 bridgehead atoms. The quantitative estimate of drug-likeness (QED) is 0.169. The third-order valence-electron chi connectivity index (χ3n) is 9.01. The molecule has 11 rings (SSSR count). The summed E-state index contributed by atoms with van der Waals surface area (Å²) in [6.45, 7) is 0.705. The number of ether oxygens (including phenoxy) is 1. The molecule has 0 saturated carbocycles. The van der Waals surface area contributed by atoms with E-state index in [9.17, 15) is 0 Å². The van der Waals surface area contributed by atoms with Gasteiger partial charge in [0, 0.05) is 49.4 Å². The minimum Gasteiger partial charge on any atom is -0.489 e. The molecule has 0 amide bonds. The average molecular weight is 647 g/mol. The van der Waals surface area contributed by atoms with Crippen molar-refractivity contribution in [3.63, 3.8) is 0 Å². The monoisotopic (exact) mass is 646 g/mol. The fourth-order valence-corrected chi connectivity index (χ4v) is 6.65. The van der Waals surface area contributed by atoms with Gasteiger partial charge in [-0.3, -0.25) is 0 Å². The molecule has 9 heteroatoms. The number of hydrogen-bond donors (Lipinski definition) is 2. The number of benzene rings is 5. The van der Waals surface area contributed by atoms with Crippen molar-refractivity contribution in [1.82, 2.24) is 39.9 Å². The largest absolute Gasteiger partial charge is 0.489 e. The Morgan fingerprint density at radius 2 is 0.760 bits per heavy atom. The molecule has 3 aliphatic heterocycles. The highest BCUT2D eigenvalue weighted by Crippen LogP contribution is 2.36. The van der Waals surface area contributed by atoms with Crippen molar-refractivity contribution in [2.24, 2.45) is 0 Å². The highest BCUT2D eigenvalue weighted by atomic mass is 16.5. The van der Waals surface area contributed by atoms with Crippen LogP contribution in [0.15, 0.2) is 127 Å². The zero-order valence-electron chi connectivity index (χ0n) is 26.5. The van der Waals surface area contributed by atoms with Crippen LogP contribution in [0.4, 0.5) is 0 Å². The van der Waals surface area contributed by atoms with Crippen molar-refractivity contribution >= 4 is 50.2 Å². The van der Waals surface area contributed by atoms with Crippen LogP contribution in [0.2, 0.25) is 0 Å². The molecule has 2 N–H and O–H groups in total. The lowest BCUT2D eigenvalue weighted by molar-refractivity contribution is 0.358. The molecule has 0 spiro atoms. The predicted molar refractivity (Wildman–Crippen MR) is 197 cm³/mol.